The van der Waals surface area contributed by atoms with Crippen LogP contribution in [-0.2, 0) is 19.6 Å². The molecule has 9 heteroatoms. The van der Waals surface area contributed by atoms with E-state index in [9.17, 15) is 18.0 Å². The third kappa shape index (κ3) is 7.35. The Kier molecular flexibility index (Phi) is 8.55. The van der Waals surface area contributed by atoms with Crippen LogP contribution in [0.5, 0.6) is 0 Å². The Morgan fingerprint density at radius 2 is 1.76 bits per heavy atom. The maximum absolute atomic E-state index is 13.0. The van der Waals surface area contributed by atoms with E-state index in [2.05, 4.69) is 15.0 Å². The first-order chi connectivity index (χ1) is 15.7. The molecule has 1 aromatic heterocycles. The summed E-state index contributed by atoms with van der Waals surface area (Å²) in [5, 5.41) is 4.05. The molecule has 2 N–H and O–H groups in total. The summed E-state index contributed by atoms with van der Waals surface area (Å²) in [4.78, 5) is 28.5. The van der Waals surface area contributed by atoms with E-state index in [1.807, 2.05) is 24.3 Å². The molecule has 0 bridgehead atoms. The number of nitrogens with one attached hydrogen (secondary N) is 2. The number of amides is 1. The van der Waals surface area contributed by atoms with E-state index < -0.39 is 22.0 Å². The Morgan fingerprint density at radius 3 is 2.48 bits per heavy atom. The lowest BCUT2D eigenvalue weighted by molar-refractivity contribution is -0.118. The zero-order valence-corrected chi connectivity index (χ0v) is 19.8. The molecule has 1 amide bonds. The molecule has 33 heavy (non-hydrogen) atoms. The number of para-hydroxylation sites is 1. The van der Waals surface area contributed by atoms with Gasteiger partial charge in [0, 0.05) is 16.8 Å². The highest BCUT2D eigenvalue weighted by Gasteiger charge is 2.25. The fraction of sp³-hybridized carbons (Fsp3) is 0.292. The summed E-state index contributed by atoms with van der Waals surface area (Å²) in [7, 11) is -3.94. The minimum absolute atomic E-state index is 0.0219. The molecule has 1 heterocycles. The summed E-state index contributed by atoms with van der Waals surface area (Å²) < 4.78 is 28.3. The minimum atomic E-state index is -3.94. The molecule has 0 aliphatic carbocycles. The summed E-state index contributed by atoms with van der Waals surface area (Å²) in [5.41, 5.74) is 1.27. The molecule has 3 aromatic rings. The first kappa shape index (κ1) is 24.8. The molecule has 0 saturated carbocycles. The second-order valence-corrected chi connectivity index (χ2v) is 9.99. The Balaban J connectivity index is 1.74. The van der Waals surface area contributed by atoms with Gasteiger partial charge in [-0.15, -0.1) is 0 Å². The number of rotatable bonds is 11. The van der Waals surface area contributed by atoms with Gasteiger partial charge in [0.15, 0.2) is 0 Å². The molecule has 0 aliphatic heterocycles. The van der Waals surface area contributed by atoms with E-state index in [0.717, 1.165) is 10.9 Å². The van der Waals surface area contributed by atoms with E-state index in [1.54, 1.807) is 6.07 Å². The summed E-state index contributed by atoms with van der Waals surface area (Å²) >= 11 is 5.86. The third-order valence-electron chi connectivity index (χ3n) is 5.12. The maximum Gasteiger partial charge on any atom is 0.242 e. The number of anilines is 1. The van der Waals surface area contributed by atoms with Gasteiger partial charge in [-0.3, -0.25) is 9.78 Å². The summed E-state index contributed by atoms with van der Waals surface area (Å²) in [6, 6.07) is 14.0. The number of hydrogen-bond donors (Lipinski definition) is 2. The Morgan fingerprint density at radius 1 is 1.03 bits per heavy atom. The van der Waals surface area contributed by atoms with E-state index in [0.29, 0.717) is 36.4 Å². The third-order valence-corrected chi connectivity index (χ3v) is 6.86. The average Bonchev–Trinajstić information content (AvgIpc) is 2.78. The van der Waals surface area contributed by atoms with Crippen LogP contribution >= 0.6 is 11.6 Å². The van der Waals surface area contributed by atoms with Crippen molar-refractivity contribution in [2.75, 3.05) is 5.32 Å². The van der Waals surface area contributed by atoms with Crippen molar-refractivity contribution in [3.8, 4) is 0 Å². The van der Waals surface area contributed by atoms with Gasteiger partial charge in [-0.05, 0) is 56.2 Å². The quantitative estimate of drug-likeness (QED) is 0.381. The highest BCUT2D eigenvalue weighted by atomic mass is 35.5. The van der Waals surface area contributed by atoms with Crippen molar-refractivity contribution < 1.29 is 18.0 Å². The van der Waals surface area contributed by atoms with Gasteiger partial charge >= 0.3 is 0 Å². The predicted octanol–water partition coefficient (Wildman–Crippen LogP) is 4.71. The molecule has 1 atom stereocenters. The van der Waals surface area contributed by atoms with Crippen LogP contribution in [0.3, 0.4) is 0 Å². The number of sulfonamides is 1. The predicted molar refractivity (Wildman–Crippen MR) is 130 cm³/mol. The second kappa shape index (κ2) is 11.4. The molecule has 3 rings (SSSR count). The molecule has 7 nitrogen and oxygen atoms in total. The molecule has 0 unspecified atom stereocenters. The number of ketones is 1. The number of pyridine rings is 1. The normalized spacial score (nSPS) is 12.4. The highest BCUT2D eigenvalue weighted by molar-refractivity contribution is 7.89. The van der Waals surface area contributed by atoms with E-state index in [4.69, 9.17) is 11.6 Å². The van der Waals surface area contributed by atoms with Crippen LogP contribution < -0.4 is 10.0 Å². The minimum Gasteiger partial charge on any atom is -0.323 e. The van der Waals surface area contributed by atoms with E-state index in [1.165, 1.54) is 37.4 Å². The van der Waals surface area contributed by atoms with Crippen LogP contribution in [0, 0.1) is 0 Å². The largest absolute Gasteiger partial charge is 0.323 e. The molecule has 0 radical (unpaired) electrons. The molecular formula is C24H26ClN3O4S. The number of unbranched alkanes of at least 4 members (excludes halogenated alkanes) is 2. The number of nitrogens with zero attached hydrogens (tertiary/aromatic N) is 1. The molecule has 0 fully saturated rings. The molecule has 174 valence electrons. The van der Waals surface area contributed by atoms with Crippen molar-refractivity contribution in [3.63, 3.8) is 0 Å². The lowest BCUT2D eigenvalue weighted by atomic mass is 10.1. The molecule has 0 saturated heterocycles. The standard InChI is InChI=1S/C24H26ClN3O4S/c1-17(29)7-3-2-4-10-23(28-33(31,32)21-13-11-19(25)12-14-21)24(30)27-20-15-18-8-5-6-9-22(18)26-16-20/h5-6,8-9,11-16,23,28H,2-4,7,10H2,1H3,(H,27,30)/t23-/m0/s1. The SMILES string of the molecule is CC(=O)CCCCC[C@H](NS(=O)(=O)c1ccc(Cl)cc1)C(=O)Nc1cnc2ccccc2c1. The number of fused-ring (bicyclic) bond motifs is 1. The van der Waals surface area contributed by atoms with Crippen molar-refractivity contribution >= 4 is 49.9 Å². The fourth-order valence-corrected chi connectivity index (χ4v) is 4.74. The molecule has 2 aromatic carbocycles. The van der Waals surface area contributed by atoms with Crippen molar-refractivity contribution in [2.45, 2.75) is 50.0 Å². The van der Waals surface area contributed by atoms with Crippen molar-refractivity contribution in [1.29, 1.82) is 0 Å². The Bertz CT molecular complexity index is 1230. The summed E-state index contributed by atoms with van der Waals surface area (Å²) in [6.45, 7) is 1.54. The summed E-state index contributed by atoms with van der Waals surface area (Å²) in [6.07, 6.45) is 4.29. The van der Waals surface area contributed by atoms with Gasteiger partial charge in [-0.25, -0.2) is 8.42 Å². The smallest absolute Gasteiger partial charge is 0.242 e. The van der Waals surface area contributed by atoms with Gasteiger partial charge in [0.1, 0.15) is 11.8 Å². The number of hydrogen-bond acceptors (Lipinski definition) is 5. The number of carbonyl (C=O) groups is 2. The van der Waals surface area contributed by atoms with Crippen molar-refractivity contribution in [2.24, 2.45) is 0 Å². The van der Waals surface area contributed by atoms with Gasteiger partial charge < -0.3 is 10.1 Å². The van der Waals surface area contributed by atoms with Gasteiger partial charge in [0.25, 0.3) is 0 Å². The Labute approximate surface area is 198 Å². The van der Waals surface area contributed by atoms with E-state index >= 15 is 0 Å². The van der Waals surface area contributed by atoms with Crippen LogP contribution in [0.25, 0.3) is 10.9 Å². The molecule has 0 aliphatic rings. The number of Topliss-reactive ketones (excluding diaryl/α,β-unsaturated/α-hetero) is 1. The average molecular weight is 488 g/mol. The monoisotopic (exact) mass is 487 g/mol. The number of carbonyl (C=O) groups excluding carboxylic acids is 2. The zero-order valence-electron chi connectivity index (χ0n) is 18.3. The van der Waals surface area contributed by atoms with Crippen LogP contribution in [0.1, 0.15) is 39.0 Å². The fourth-order valence-electron chi connectivity index (χ4n) is 3.38. The highest BCUT2D eigenvalue weighted by Crippen LogP contribution is 2.19. The molecule has 0 spiro atoms. The number of aromatic nitrogens is 1. The second-order valence-electron chi connectivity index (χ2n) is 7.84. The van der Waals surface area contributed by atoms with Crippen molar-refractivity contribution in [3.05, 3.63) is 65.8 Å². The van der Waals surface area contributed by atoms with Gasteiger partial charge in [-0.1, -0.05) is 42.6 Å². The number of benzene rings is 2. The van der Waals surface area contributed by atoms with Gasteiger partial charge in [0.2, 0.25) is 15.9 Å². The van der Waals surface area contributed by atoms with Crippen LogP contribution in [0.15, 0.2) is 65.7 Å². The maximum atomic E-state index is 13.0. The molecular weight excluding hydrogens is 462 g/mol. The zero-order chi connectivity index (χ0) is 23.8. The van der Waals surface area contributed by atoms with Gasteiger partial charge in [-0.2, -0.15) is 4.72 Å². The Hall–Kier alpha value is -2.81. The summed E-state index contributed by atoms with van der Waals surface area (Å²) in [5.74, 6) is -0.368. The number of halogens is 1. The van der Waals surface area contributed by atoms with Crippen molar-refractivity contribution in [1.82, 2.24) is 9.71 Å². The topological polar surface area (TPSA) is 105 Å². The lowest BCUT2D eigenvalue weighted by Crippen LogP contribution is -2.43. The lowest BCUT2D eigenvalue weighted by Gasteiger charge is -2.19. The van der Waals surface area contributed by atoms with Gasteiger partial charge in [0.05, 0.1) is 22.3 Å². The van der Waals surface area contributed by atoms with Crippen LogP contribution in [0.2, 0.25) is 5.02 Å². The van der Waals surface area contributed by atoms with E-state index in [-0.39, 0.29) is 17.1 Å². The van der Waals surface area contributed by atoms with Crippen LogP contribution in [0.4, 0.5) is 5.69 Å². The first-order valence-corrected chi connectivity index (χ1v) is 12.5. The van der Waals surface area contributed by atoms with Crippen LogP contribution in [-0.4, -0.2) is 31.1 Å². The first-order valence-electron chi connectivity index (χ1n) is 10.7.